The van der Waals surface area contributed by atoms with E-state index in [9.17, 15) is 4.79 Å². The Morgan fingerprint density at radius 2 is 1.95 bits per heavy atom. The fourth-order valence-corrected chi connectivity index (χ4v) is 2.45. The number of amides is 1. The van der Waals surface area contributed by atoms with Crippen LogP contribution in [0.2, 0.25) is 0 Å². The molecule has 2 heteroatoms. The summed E-state index contributed by atoms with van der Waals surface area (Å²) in [5.41, 5.74) is 2.42. The Morgan fingerprint density at radius 1 is 1.19 bits per heavy atom. The lowest BCUT2D eigenvalue weighted by molar-refractivity contribution is -0.121. The van der Waals surface area contributed by atoms with Crippen LogP contribution < -0.4 is 5.32 Å². The number of unbranched alkanes of at least 4 members (excludes halogenated alkanes) is 3. The van der Waals surface area contributed by atoms with Crippen molar-refractivity contribution in [2.24, 2.45) is 5.92 Å². The molecular weight excluding hydrogens is 258 g/mol. The lowest BCUT2D eigenvalue weighted by Crippen LogP contribution is -2.22. The van der Waals surface area contributed by atoms with Crippen molar-refractivity contribution in [3.63, 3.8) is 0 Å². The van der Waals surface area contributed by atoms with Crippen LogP contribution in [0.25, 0.3) is 0 Å². The summed E-state index contributed by atoms with van der Waals surface area (Å²) in [6, 6.07) is 8.29. The van der Waals surface area contributed by atoms with Crippen LogP contribution in [0.1, 0.15) is 69.9 Å². The van der Waals surface area contributed by atoms with Gasteiger partial charge in [0.2, 0.25) is 5.91 Å². The van der Waals surface area contributed by atoms with Crippen molar-refractivity contribution in [3.8, 4) is 0 Å². The van der Waals surface area contributed by atoms with Gasteiger partial charge in [-0.1, -0.05) is 75.8 Å². The molecule has 1 N–H and O–H groups in total. The maximum atomic E-state index is 11.8. The zero-order valence-corrected chi connectivity index (χ0v) is 14.0. The van der Waals surface area contributed by atoms with Gasteiger partial charge in [-0.25, -0.2) is 0 Å². The monoisotopic (exact) mass is 289 g/mol. The van der Waals surface area contributed by atoms with Crippen molar-refractivity contribution in [1.82, 2.24) is 5.32 Å². The Hall–Kier alpha value is -1.31. The van der Waals surface area contributed by atoms with Gasteiger partial charge in [0.15, 0.2) is 0 Å². The molecule has 2 nitrogen and oxygen atoms in total. The predicted octanol–water partition coefficient (Wildman–Crippen LogP) is 5.00. The molecule has 0 aliphatic rings. The smallest absolute Gasteiger partial charge is 0.220 e. The van der Waals surface area contributed by atoms with Gasteiger partial charge in [0.25, 0.3) is 0 Å². The molecule has 1 atom stereocenters. The minimum Gasteiger partial charge on any atom is -0.352 e. The van der Waals surface area contributed by atoms with E-state index in [2.05, 4.69) is 44.3 Å². The van der Waals surface area contributed by atoms with Crippen molar-refractivity contribution < 1.29 is 4.79 Å². The molecule has 118 valence electrons. The third-order valence-electron chi connectivity index (χ3n) is 4.12. The normalized spacial score (nSPS) is 12.1. The summed E-state index contributed by atoms with van der Waals surface area (Å²) >= 11 is 0. The van der Waals surface area contributed by atoms with Crippen molar-refractivity contribution in [3.05, 3.63) is 35.4 Å². The SMILES string of the molecule is CCC(C)CCCCCCC(=O)NCc1cccc(C)c1. The Balaban J connectivity index is 2.04. The molecule has 0 aliphatic carbocycles. The first-order valence-electron chi connectivity index (χ1n) is 8.44. The van der Waals surface area contributed by atoms with E-state index in [1.54, 1.807) is 0 Å². The number of benzene rings is 1. The maximum Gasteiger partial charge on any atom is 0.220 e. The molecule has 0 bridgehead atoms. The van der Waals surface area contributed by atoms with Gasteiger partial charge in [-0.05, 0) is 24.8 Å². The van der Waals surface area contributed by atoms with E-state index in [1.165, 1.54) is 43.2 Å². The highest BCUT2D eigenvalue weighted by Crippen LogP contribution is 2.13. The minimum atomic E-state index is 0.179. The molecule has 1 aromatic carbocycles. The van der Waals surface area contributed by atoms with Crippen LogP contribution in [0.5, 0.6) is 0 Å². The number of nitrogens with one attached hydrogen (secondary N) is 1. The van der Waals surface area contributed by atoms with Crippen LogP contribution in [0.3, 0.4) is 0 Å². The van der Waals surface area contributed by atoms with E-state index >= 15 is 0 Å². The first-order chi connectivity index (χ1) is 10.1. The second-order valence-corrected chi connectivity index (χ2v) is 6.23. The fourth-order valence-electron chi connectivity index (χ4n) is 2.45. The second kappa shape index (κ2) is 10.4. The Labute approximate surface area is 130 Å². The van der Waals surface area contributed by atoms with Gasteiger partial charge >= 0.3 is 0 Å². The molecule has 0 fully saturated rings. The van der Waals surface area contributed by atoms with Crippen molar-refractivity contribution in [2.75, 3.05) is 0 Å². The zero-order chi connectivity index (χ0) is 15.5. The molecule has 0 saturated carbocycles. The quantitative estimate of drug-likeness (QED) is 0.603. The third kappa shape index (κ3) is 8.54. The number of aryl methyl sites for hydroxylation is 1. The molecule has 0 aromatic heterocycles. The summed E-state index contributed by atoms with van der Waals surface area (Å²) < 4.78 is 0. The summed E-state index contributed by atoms with van der Waals surface area (Å²) in [6.45, 7) is 7.29. The molecule has 1 aromatic rings. The van der Waals surface area contributed by atoms with Crippen LogP contribution in [0.4, 0.5) is 0 Å². The second-order valence-electron chi connectivity index (χ2n) is 6.23. The highest BCUT2D eigenvalue weighted by molar-refractivity contribution is 5.75. The molecule has 21 heavy (non-hydrogen) atoms. The number of carbonyl (C=O) groups excluding carboxylic acids is 1. The highest BCUT2D eigenvalue weighted by atomic mass is 16.1. The average molecular weight is 289 g/mol. The predicted molar refractivity (Wildman–Crippen MR) is 90.2 cm³/mol. The van der Waals surface area contributed by atoms with Crippen LogP contribution in [0.15, 0.2) is 24.3 Å². The third-order valence-corrected chi connectivity index (χ3v) is 4.12. The first kappa shape index (κ1) is 17.7. The zero-order valence-electron chi connectivity index (χ0n) is 14.0. The highest BCUT2D eigenvalue weighted by Gasteiger charge is 2.02. The summed E-state index contributed by atoms with van der Waals surface area (Å²) in [5, 5.41) is 3.01. The van der Waals surface area contributed by atoms with Gasteiger partial charge in [0, 0.05) is 13.0 Å². The van der Waals surface area contributed by atoms with Gasteiger partial charge in [-0.15, -0.1) is 0 Å². The summed E-state index contributed by atoms with van der Waals surface area (Å²) in [7, 11) is 0. The molecule has 1 rings (SSSR count). The Morgan fingerprint density at radius 3 is 2.67 bits per heavy atom. The minimum absolute atomic E-state index is 0.179. The van der Waals surface area contributed by atoms with E-state index in [0.717, 1.165) is 12.3 Å². The maximum absolute atomic E-state index is 11.8. The van der Waals surface area contributed by atoms with Gasteiger partial charge in [0.05, 0.1) is 0 Å². The van der Waals surface area contributed by atoms with Gasteiger partial charge < -0.3 is 5.32 Å². The number of rotatable bonds is 10. The number of hydrogen-bond acceptors (Lipinski definition) is 1. The molecule has 0 aliphatic heterocycles. The molecular formula is C19H31NO. The van der Waals surface area contributed by atoms with Gasteiger partial charge in [-0.2, -0.15) is 0 Å². The van der Waals surface area contributed by atoms with E-state index in [-0.39, 0.29) is 5.91 Å². The first-order valence-corrected chi connectivity index (χ1v) is 8.44. The fraction of sp³-hybridized carbons (Fsp3) is 0.632. The van der Waals surface area contributed by atoms with Crippen LogP contribution in [0, 0.1) is 12.8 Å². The standard InChI is InChI=1S/C19H31NO/c1-4-16(2)10-7-5-6-8-13-19(21)20-15-18-12-9-11-17(3)14-18/h9,11-12,14,16H,4-8,10,13,15H2,1-3H3,(H,20,21). The number of carbonyl (C=O) groups is 1. The van der Waals surface area contributed by atoms with Crippen molar-refractivity contribution in [2.45, 2.75) is 72.3 Å². The van der Waals surface area contributed by atoms with E-state index in [4.69, 9.17) is 0 Å². The Kier molecular flexibility index (Phi) is 8.80. The van der Waals surface area contributed by atoms with Crippen LogP contribution in [-0.4, -0.2) is 5.91 Å². The lowest BCUT2D eigenvalue weighted by atomic mass is 10.00. The summed E-state index contributed by atoms with van der Waals surface area (Å²) in [5.74, 6) is 1.03. The van der Waals surface area contributed by atoms with Crippen molar-refractivity contribution in [1.29, 1.82) is 0 Å². The molecule has 1 unspecified atom stereocenters. The van der Waals surface area contributed by atoms with E-state index in [1.807, 2.05) is 6.07 Å². The topological polar surface area (TPSA) is 29.1 Å². The largest absolute Gasteiger partial charge is 0.352 e. The lowest BCUT2D eigenvalue weighted by Gasteiger charge is -2.08. The molecule has 1 amide bonds. The van der Waals surface area contributed by atoms with E-state index < -0.39 is 0 Å². The van der Waals surface area contributed by atoms with Crippen molar-refractivity contribution >= 4 is 5.91 Å². The van der Waals surface area contributed by atoms with Crippen LogP contribution >= 0.6 is 0 Å². The van der Waals surface area contributed by atoms with E-state index in [0.29, 0.717) is 13.0 Å². The van der Waals surface area contributed by atoms with Gasteiger partial charge in [-0.3, -0.25) is 4.79 Å². The molecule has 0 saturated heterocycles. The average Bonchev–Trinajstić information content (AvgIpc) is 2.48. The summed E-state index contributed by atoms with van der Waals surface area (Å²) in [4.78, 5) is 11.8. The molecule has 0 radical (unpaired) electrons. The van der Waals surface area contributed by atoms with Gasteiger partial charge in [0.1, 0.15) is 0 Å². The summed E-state index contributed by atoms with van der Waals surface area (Å²) in [6.07, 6.45) is 8.02. The molecule has 0 spiro atoms. The van der Waals surface area contributed by atoms with Crippen LogP contribution in [-0.2, 0) is 11.3 Å². The number of hydrogen-bond donors (Lipinski definition) is 1. The molecule has 0 heterocycles. The Bertz CT molecular complexity index is 414.